The Morgan fingerprint density at radius 3 is 2.82 bits per heavy atom. The number of halogens is 2. The molecule has 17 heavy (non-hydrogen) atoms. The summed E-state index contributed by atoms with van der Waals surface area (Å²) in [6.07, 6.45) is 2.47. The zero-order chi connectivity index (χ0) is 12.0. The van der Waals surface area contributed by atoms with Crippen LogP contribution in [-0.2, 0) is 0 Å². The molecule has 3 rings (SSSR count). The highest BCUT2D eigenvalue weighted by Gasteiger charge is 2.33. The molecule has 90 valence electrons. The molecular weight excluding hydrogens is 285 g/mol. The summed E-state index contributed by atoms with van der Waals surface area (Å²) in [5.74, 6) is 1.31. The van der Waals surface area contributed by atoms with Gasteiger partial charge in [0.25, 0.3) is 0 Å². The highest BCUT2D eigenvalue weighted by atomic mass is 79.9. The molecule has 1 heterocycles. The number of hydrogen-bond donors (Lipinski definition) is 1. The Morgan fingerprint density at radius 2 is 2.18 bits per heavy atom. The molecule has 1 fully saturated rings. The van der Waals surface area contributed by atoms with Gasteiger partial charge in [-0.3, -0.25) is 0 Å². The number of nitrogens with one attached hydrogen (secondary N) is 1. The third-order valence-corrected chi connectivity index (χ3v) is 3.85. The molecule has 1 N–H and O–H groups in total. The summed E-state index contributed by atoms with van der Waals surface area (Å²) in [4.78, 5) is 0. The maximum absolute atomic E-state index is 13.3. The van der Waals surface area contributed by atoms with Crippen LogP contribution in [0.4, 0.5) is 4.39 Å². The average molecular weight is 298 g/mol. The summed E-state index contributed by atoms with van der Waals surface area (Å²) < 4.78 is 19.8. The molecule has 0 spiro atoms. The van der Waals surface area contributed by atoms with Crippen molar-refractivity contribution in [2.24, 2.45) is 5.92 Å². The third-order valence-electron chi connectivity index (χ3n) is 3.27. The Morgan fingerprint density at radius 1 is 1.41 bits per heavy atom. The third kappa shape index (κ3) is 2.00. The number of hydrogen-bond acceptors (Lipinski definition) is 2. The topological polar surface area (TPSA) is 25.2 Å². The first-order valence-electron chi connectivity index (χ1n) is 5.75. The molecule has 4 heteroatoms. The molecule has 1 aromatic heterocycles. The lowest BCUT2D eigenvalue weighted by molar-refractivity contribution is 0.419. The van der Waals surface area contributed by atoms with Crippen molar-refractivity contribution < 1.29 is 8.81 Å². The van der Waals surface area contributed by atoms with Gasteiger partial charge in [0.2, 0.25) is 0 Å². The number of furan rings is 1. The van der Waals surface area contributed by atoms with Crippen molar-refractivity contribution in [1.82, 2.24) is 5.32 Å². The quantitative estimate of drug-likeness (QED) is 0.926. The zero-order valence-electron chi connectivity index (χ0n) is 9.47. The van der Waals surface area contributed by atoms with Gasteiger partial charge in [0.15, 0.2) is 0 Å². The largest absolute Gasteiger partial charge is 0.458 e. The van der Waals surface area contributed by atoms with Crippen LogP contribution in [0.5, 0.6) is 0 Å². The van der Waals surface area contributed by atoms with Gasteiger partial charge < -0.3 is 9.73 Å². The average Bonchev–Trinajstić information content (AvgIpc) is 3.00. The standard InChI is InChI=1S/C13H13BrFNO/c1-16-12(7-2-3-7)11-5-8-4-9(15)6-10(14)13(8)17-11/h4-7,12,16H,2-3H2,1H3. The molecule has 2 nitrogen and oxygen atoms in total. The molecule has 1 aromatic carbocycles. The van der Waals surface area contributed by atoms with Crippen molar-refractivity contribution in [3.8, 4) is 0 Å². The van der Waals surface area contributed by atoms with Crippen molar-refractivity contribution in [3.63, 3.8) is 0 Å². The smallest absolute Gasteiger partial charge is 0.148 e. The lowest BCUT2D eigenvalue weighted by Crippen LogP contribution is -2.17. The summed E-state index contributed by atoms with van der Waals surface area (Å²) in [5.41, 5.74) is 0.724. The first kappa shape index (κ1) is 11.2. The van der Waals surface area contributed by atoms with Crippen molar-refractivity contribution in [2.75, 3.05) is 7.05 Å². The Bertz CT molecular complexity index is 562. The molecule has 1 aliphatic carbocycles. The van der Waals surface area contributed by atoms with E-state index in [2.05, 4.69) is 21.2 Å². The van der Waals surface area contributed by atoms with E-state index in [1.807, 2.05) is 13.1 Å². The van der Waals surface area contributed by atoms with Crippen LogP contribution in [0.2, 0.25) is 0 Å². The molecular formula is C13H13BrFNO. The minimum Gasteiger partial charge on any atom is -0.458 e. The molecule has 0 radical (unpaired) electrons. The molecule has 1 aliphatic rings. The van der Waals surface area contributed by atoms with Crippen LogP contribution in [0.15, 0.2) is 27.1 Å². The second kappa shape index (κ2) is 4.10. The minimum absolute atomic E-state index is 0.246. The number of benzene rings is 1. The van der Waals surface area contributed by atoms with Crippen LogP contribution >= 0.6 is 15.9 Å². The fraction of sp³-hybridized carbons (Fsp3) is 0.385. The van der Waals surface area contributed by atoms with E-state index in [0.29, 0.717) is 10.4 Å². The molecule has 2 aromatic rings. The molecule has 0 saturated heterocycles. The molecule has 1 atom stereocenters. The van der Waals surface area contributed by atoms with Gasteiger partial charge in [-0.15, -0.1) is 0 Å². The Kier molecular flexibility index (Phi) is 2.71. The summed E-state index contributed by atoms with van der Waals surface area (Å²) in [6, 6.07) is 5.12. The molecule has 1 saturated carbocycles. The van der Waals surface area contributed by atoms with Crippen molar-refractivity contribution >= 4 is 26.9 Å². The fourth-order valence-electron chi connectivity index (χ4n) is 2.29. The van der Waals surface area contributed by atoms with Gasteiger partial charge in [-0.2, -0.15) is 0 Å². The first-order valence-corrected chi connectivity index (χ1v) is 6.54. The minimum atomic E-state index is -0.246. The first-order chi connectivity index (χ1) is 8.19. The van der Waals surface area contributed by atoms with Gasteiger partial charge in [-0.1, -0.05) is 0 Å². The second-order valence-corrected chi connectivity index (χ2v) is 5.41. The van der Waals surface area contributed by atoms with Gasteiger partial charge >= 0.3 is 0 Å². The predicted octanol–water partition coefficient (Wildman–Crippen LogP) is 4.00. The second-order valence-electron chi connectivity index (χ2n) is 4.56. The highest BCUT2D eigenvalue weighted by Crippen LogP contribution is 2.42. The van der Waals surface area contributed by atoms with Crippen molar-refractivity contribution in [2.45, 2.75) is 18.9 Å². The Labute approximate surface area is 107 Å². The Balaban J connectivity index is 2.09. The van der Waals surface area contributed by atoms with Gasteiger partial charge in [-0.05, 0) is 59.9 Å². The van der Waals surface area contributed by atoms with Crippen LogP contribution in [-0.4, -0.2) is 7.05 Å². The van der Waals surface area contributed by atoms with E-state index in [1.54, 1.807) is 0 Å². The molecule has 1 unspecified atom stereocenters. The normalized spacial score (nSPS) is 17.6. The fourth-order valence-corrected chi connectivity index (χ4v) is 2.82. The lowest BCUT2D eigenvalue weighted by Gasteiger charge is -2.11. The number of fused-ring (bicyclic) bond motifs is 1. The van der Waals surface area contributed by atoms with Crippen LogP contribution in [0, 0.1) is 11.7 Å². The van der Waals surface area contributed by atoms with E-state index in [9.17, 15) is 4.39 Å². The summed E-state index contributed by atoms with van der Waals surface area (Å²) in [5, 5.41) is 4.09. The maximum Gasteiger partial charge on any atom is 0.148 e. The van der Waals surface area contributed by atoms with Crippen LogP contribution in [0.3, 0.4) is 0 Å². The van der Waals surface area contributed by atoms with E-state index in [0.717, 1.165) is 16.7 Å². The Hall–Kier alpha value is -0.870. The highest BCUT2D eigenvalue weighted by molar-refractivity contribution is 9.10. The molecule has 0 amide bonds. The van der Waals surface area contributed by atoms with Crippen LogP contribution < -0.4 is 5.32 Å². The van der Waals surface area contributed by atoms with E-state index in [1.165, 1.54) is 25.0 Å². The predicted molar refractivity (Wildman–Crippen MR) is 68.4 cm³/mol. The molecule has 0 bridgehead atoms. The van der Waals surface area contributed by atoms with Crippen LogP contribution in [0.1, 0.15) is 24.6 Å². The van der Waals surface area contributed by atoms with Gasteiger partial charge in [0, 0.05) is 5.39 Å². The summed E-state index contributed by atoms with van der Waals surface area (Å²) >= 11 is 3.33. The van der Waals surface area contributed by atoms with E-state index in [4.69, 9.17) is 4.42 Å². The van der Waals surface area contributed by atoms with E-state index >= 15 is 0 Å². The summed E-state index contributed by atoms with van der Waals surface area (Å²) in [6.45, 7) is 0. The SMILES string of the molecule is CNC(c1cc2cc(F)cc(Br)c2o1)C1CC1. The lowest BCUT2D eigenvalue weighted by atomic mass is 10.1. The van der Waals surface area contributed by atoms with E-state index in [-0.39, 0.29) is 11.9 Å². The van der Waals surface area contributed by atoms with E-state index < -0.39 is 0 Å². The summed E-state index contributed by atoms with van der Waals surface area (Å²) in [7, 11) is 1.94. The molecule has 0 aliphatic heterocycles. The van der Waals surface area contributed by atoms with Gasteiger partial charge in [-0.25, -0.2) is 4.39 Å². The van der Waals surface area contributed by atoms with Crippen molar-refractivity contribution in [1.29, 1.82) is 0 Å². The number of rotatable bonds is 3. The monoisotopic (exact) mass is 297 g/mol. The zero-order valence-corrected chi connectivity index (χ0v) is 11.1. The van der Waals surface area contributed by atoms with Crippen molar-refractivity contribution in [3.05, 3.63) is 34.2 Å². The van der Waals surface area contributed by atoms with Gasteiger partial charge in [0.05, 0.1) is 10.5 Å². The van der Waals surface area contributed by atoms with Crippen LogP contribution in [0.25, 0.3) is 11.0 Å². The van der Waals surface area contributed by atoms with Gasteiger partial charge in [0.1, 0.15) is 17.2 Å². The maximum atomic E-state index is 13.3.